The number of aryl methyl sites for hydroxylation is 1. The molecule has 0 aliphatic carbocycles. The van der Waals surface area contributed by atoms with Crippen molar-refractivity contribution in [3.05, 3.63) is 18.7 Å². The fourth-order valence-corrected chi connectivity index (χ4v) is 1.70. The van der Waals surface area contributed by atoms with Crippen molar-refractivity contribution in [3.8, 4) is 0 Å². The average Bonchev–Trinajstić information content (AvgIpc) is 2.68. The minimum absolute atomic E-state index is 0.215. The Bertz CT molecular complexity index is 259. The van der Waals surface area contributed by atoms with E-state index < -0.39 is 0 Å². The van der Waals surface area contributed by atoms with Gasteiger partial charge in [-0.3, -0.25) is 0 Å². The first-order chi connectivity index (χ1) is 7.68. The summed E-state index contributed by atoms with van der Waals surface area (Å²) in [5.41, 5.74) is 0. The van der Waals surface area contributed by atoms with Gasteiger partial charge in [-0.15, -0.1) is 0 Å². The van der Waals surface area contributed by atoms with Crippen LogP contribution in [0.25, 0.3) is 0 Å². The summed E-state index contributed by atoms with van der Waals surface area (Å²) >= 11 is 0. The molecule has 1 rings (SSSR count). The Morgan fingerprint density at radius 3 is 2.88 bits per heavy atom. The maximum absolute atomic E-state index is 9.63. The Hall–Kier alpha value is -0.870. The van der Waals surface area contributed by atoms with Gasteiger partial charge in [0.05, 0.1) is 12.4 Å². The predicted octanol–water partition coefficient (Wildman–Crippen LogP) is 1.27. The van der Waals surface area contributed by atoms with E-state index in [-0.39, 0.29) is 6.10 Å². The number of aliphatic hydroxyl groups excluding tert-OH is 1. The monoisotopic (exact) mass is 225 g/mol. The van der Waals surface area contributed by atoms with Gasteiger partial charge in [0.25, 0.3) is 0 Å². The summed E-state index contributed by atoms with van der Waals surface area (Å²) in [7, 11) is 0. The lowest BCUT2D eigenvalue weighted by atomic mass is 10.1. The van der Waals surface area contributed by atoms with Gasteiger partial charge in [0.15, 0.2) is 0 Å². The van der Waals surface area contributed by atoms with Crippen LogP contribution >= 0.6 is 0 Å². The summed E-state index contributed by atoms with van der Waals surface area (Å²) in [6.07, 6.45) is 7.30. The number of nitrogens with zero attached hydrogens (tertiary/aromatic N) is 2. The highest BCUT2D eigenvalue weighted by molar-refractivity contribution is 4.73. The van der Waals surface area contributed by atoms with Gasteiger partial charge in [0.2, 0.25) is 0 Å². The molecule has 16 heavy (non-hydrogen) atoms. The standard InChI is InChI=1S/C12H23N3O/c1-11(2)8-12(16)9-13-4-3-6-15-7-5-14-10-15/h5,7,10-13,16H,3-4,6,8-9H2,1-2H3. The predicted molar refractivity (Wildman–Crippen MR) is 65.2 cm³/mol. The highest BCUT2D eigenvalue weighted by Gasteiger charge is 2.05. The molecular weight excluding hydrogens is 202 g/mol. The fraction of sp³-hybridized carbons (Fsp3) is 0.750. The van der Waals surface area contributed by atoms with E-state index in [1.807, 2.05) is 12.5 Å². The van der Waals surface area contributed by atoms with E-state index in [0.717, 1.165) is 25.9 Å². The first-order valence-electron chi connectivity index (χ1n) is 6.03. The second kappa shape index (κ2) is 7.41. The van der Waals surface area contributed by atoms with E-state index in [0.29, 0.717) is 12.5 Å². The van der Waals surface area contributed by atoms with E-state index in [2.05, 4.69) is 28.7 Å². The van der Waals surface area contributed by atoms with Crippen molar-refractivity contribution in [2.45, 2.75) is 39.3 Å². The van der Waals surface area contributed by atoms with Gasteiger partial charge in [0.1, 0.15) is 0 Å². The molecule has 2 N–H and O–H groups in total. The molecule has 0 bridgehead atoms. The van der Waals surface area contributed by atoms with Crippen LogP contribution in [0, 0.1) is 5.92 Å². The first kappa shape index (κ1) is 13.2. The second-order valence-electron chi connectivity index (χ2n) is 4.64. The summed E-state index contributed by atoms with van der Waals surface area (Å²) in [4.78, 5) is 3.98. The Labute approximate surface area is 97.7 Å². The fourth-order valence-electron chi connectivity index (χ4n) is 1.70. The zero-order valence-corrected chi connectivity index (χ0v) is 10.3. The second-order valence-corrected chi connectivity index (χ2v) is 4.64. The van der Waals surface area contributed by atoms with Gasteiger partial charge in [0, 0.05) is 25.5 Å². The number of hydrogen-bond donors (Lipinski definition) is 2. The van der Waals surface area contributed by atoms with Crippen molar-refractivity contribution in [3.63, 3.8) is 0 Å². The van der Waals surface area contributed by atoms with Crippen LogP contribution in [0.5, 0.6) is 0 Å². The zero-order chi connectivity index (χ0) is 11.8. The Kier molecular flexibility index (Phi) is 6.11. The first-order valence-corrected chi connectivity index (χ1v) is 6.03. The third-order valence-corrected chi connectivity index (χ3v) is 2.45. The molecule has 1 aromatic heterocycles. The van der Waals surface area contributed by atoms with Crippen LogP contribution in [0.4, 0.5) is 0 Å². The number of nitrogens with one attached hydrogen (secondary N) is 1. The zero-order valence-electron chi connectivity index (χ0n) is 10.3. The number of aliphatic hydroxyl groups is 1. The molecule has 0 radical (unpaired) electrons. The lowest BCUT2D eigenvalue weighted by Gasteiger charge is -2.13. The molecule has 0 aromatic carbocycles. The Morgan fingerprint density at radius 1 is 1.44 bits per heavy atom. The Balaban J connectivity index is 1.95. The number of imidazole rings is 1. The van der Waals surface area contributed by atoms with E-state index >= 15 is 0 Å². The SMILES string of the molecule is CC(C)CC(O)CNCCCn1ccnc1. The molecule has 92 valence electrons. The summed E-state index contributed by atoms with van der Waals surface area (Å²) in [5.74, 6) is 0.558. The van der Waals surface area contributed by atoms with Gasteiger partial charge < -0.3 is 15.0 Å². The molecule has 1 heterocycles. The largest absolute Gasteiger partial charge is 0.392 e. The summed E-state index contributed by atoms with van der Waals surface area (Å²) in [6, 6.07) is 0. The van der Waals surface area contributed by atoms with Crippen LogP contribution in [0.3, 0.4) is 0 Å². The topological polar surface area (TPSA) is 50.1 Å². The quantitative estimate of drug-likeness (QED) is 0.655. The van der Waals surface area contributed by atoms with Crippen molar-refractivity contribution in [1.29, 1.82) is 0 Å². The molecule has 0 fully saturated rings. The van der Waals surface area contributed by atoms with Crippen LogP contribution in [0.2, 0.25) is 0 Å². The van der Waals surface area contributed by atoms with Crippen molar-refractivity contribution in [2.75, 3.05) is 13.1 Å². The Morgan fingerprint density at radius 2 is 2.25 bits per heavy atom. The van der Waals surface area contributed by atoms with Gasteiger partial charge >= 0.3 is 0 Å². The smallest absolute Gasteiger partial charge is 0.0945 e. The summed E-state index contributed by atoms with van der Waals surface area (Å²) in [5, 5.41) is 12.9. The van der Waals surface area contributed by atoms with Crippen molar-refractivity contribution in [2.24, 2.45) is 5.92 Å². The maximum atomic E-state index is 9.63. The van der Waals surface area contributed by atoms with E-state index in [1.54, 1.807) is 6.20 Å². The number of aromatic nitrogens is 2. The summed E-state index contributed by atoms with van der Waals surface area (Å²) in [6.45, 7) is 6.87. The van der Waals surface area contributed by atoms with E-state index in [4.69, 9.17) is 0 Å². The van der Waals surface area contributed by atoms with Crippen molar-refractivity contribution >= 4 is 0 Å². The minimum Gasteiger partial charge on any atom is -0.392 e. The molecule has 0 aliphatic rings. The normalized spacial score (nSPS) is 13.2. The number of hydrogen-bond acceptors (Lipinski definition) is 3. The molecule has 0 aliphatic heterocycles. The van der Waals surface area contributed by atoms with E-state index in [1.165, 1.54) is 0 Å². The van der Waals surface area contributed by atoms with E-state index in [9.17, 15) is 5.11 Å². The van der Waals surface area contributed by atoms with Crippen LogP contribution in [-0.4, -0.2) is 33.9 Å². The molecule has 0 saturated carbocycles. The highest BCUT2D eigenvalue weighted by atomic mass is 16.3. The molecular formula is C12H23N3O. The van der Waals surface area contributed by atoms with Crippen LogP contribution in [0.1, 0.15) is 26.7 Å². The van der Waals surface area contributed by atoms with Crippen LogP contribution in [0.15, 0.2) is 18.7 Å². The highest BCUT2D eigenvalue weighted by Crippen LogP contribution is 2.03. The van der Waals surface area contributed by atoms with Crippen molar-refractivity contribution < 1.29 is 5.11 Å². The average molecular weight is 225 g/mol. The number of rotatable bonds is 8. The lowest BCUT2D eigenvalue weighted by Crippen LogP contribution is -2.29. The van der Waals surface area contributed by atoms with Gasteiger partial charge in [-0.05, 0) is 25.3 Å². The maximum Gasteiger partial charge on any atom is 0.0945 e. The third-order valence-electron chi connectivity index (χ3n) is 2.45. The van der Waals surface area contributed by atoms with Gasteiger partial charge in [-0.25, -0.2) is 4.98 Å². The molecule has 0 spiro atoms. The van der Waals surface area contributed by atoms with Gasteiger partial charge in [-0.1, -0.05) is 13.8 Å². The summed E-state index contributed by atoms with van der Waals surface area (Å²) < 4.78 is 2.06. The lowest BCUT2D eigenvalue weighted by molar-refractivity contribution is 0.146. The van der Waals surface area contributed by atoms with Gasteiger partial charge in [-0.2, -0.15) is 0 Å². The molecule has 1 aromatic rings. The third kappa shape index (κ3) is 5.88. The minimum atomic E-state index is -0.215. The molecule has 0 amide bonds. The molecule has 4 heteroatoms. The molecule has 4 nitrogen and oxygen atoms in total. The van der Waals surface area contributed by atoms with Crippen LogP contribution in [-0.2, 0) is 6.54 Å². The van der Waals surface area contributed by atoms with Crippen LogP contribution < -0.4 is 5.32 Å². The van der Waals surface area contributed by atoms with Crippen molar-refractivity contribution in [1.82, 2.24) is 14.9 Å². The molecule has 1 unspecified atom stereocenters. The molecule has 1 atom stereocenters. The molecule has 0 saturated heterocycles.